The first kappa shape index (κ1) is 24.2. The maximum absolute atomic E-state index is 12.1. The fraction of sp³-hybridized carbons (Fsp3) is 0.348. The number of carboxylic acids is 1. The highest BCUT2D eigenvalue weighted by molar-refractivity contribution is 6.30. The maximum Gasteiger partial charge on any atom is 0.407 e. The summed E-state index contributed by atoms with van der Waals surface area (Å²) in [7, 11) is 0. The number of halogens is 1. The van der Waals surface area contributed by atoms with Crippen LogP contribution in [0.5, 0.6) is 0 Å². The van der Waals surface area contributed by atoms with E-state index in [0.29, 0.717) is 24.4 Å². The van der Waals surface area contributed by atoms with Crippen LogP contribution < -0.4 is 10.6 Å². The molecule has 2 rings (SSSR count). The average molecular weight is 447 g/mol. The van der Waals surface area contributed by atoms with Gasteiger partial charge in [0.1, 0.15) is 12.6 Å². The van der Waals surface area contributed by atoms with Crippen molar-refractivity contribution in [2.45, 2.75) is 44.8 Å². The van der Waals surface area contributed by atoms with Crippen molar-refractivity contribution in [1.29, 1.82) is 0 Å². The molecule has 2 amide bonds. The topological polar surface area (TPSA) is 105 Å². The summed E-state index contributed by atoms with van der Waals surface area (Å²) >= 11 is 5.83. The van der Waals surface area contributed by atoms with Crippen LogP contribution in [0, 0.1) is 0 Å². The van der Waals surface area contributed by atoms with Gasteiger partial charge in [-0.25, -0.2) is 9.59 Å². The van der Waals surface area contributed by atoms with Gasteiger partial charge in [-0.15, -0.1) is 0 Å². The van der Waals surface area contributed by atoms with Crippen molar-refractivity contribution in [3.05, 3.63) is 70.7 Å². The molecule has 7 nitrogen and oxygen atoms in total. The Bertz CT molecular complexity index is 843. The number of nitrogens with one attached hydrogen (secondary N) is 2. The molecule has 0 aliphatic carbocycles. The van der Waals surface area contributed by atoms with Gasteiger partial charge >= 0.3 is 12.1 Å². The van der Waals surface area contributed by atoms with Gasteiger partial charge < -0.3 is 20.5 Å². The summed E-state index contributed by atoms with van der Waals surface area (Å²) in [6.45, 7) is 0.664. The second kappa shape index (κ2) is 13.3. The second-order valence-corrected chi connectivity index (χ2v) is 7.52. The number of unbranched alkanes of at least 4 members (excludes halogenated alkanes) is 2. The summed E-state index contributed by atoms with van der Waals surface area (Å²) in [5.41, 5.74) is 1.70. The van der Waals surface area contributed by atoms with Gasteiger partial charge in [0, 0.05) is 24.4 Å². The van der Waals surface area contributed by atoms with Crippen molar-refractivity contribution >= 4 is 29.6 Å². The van der Waals surface area contributed by atoms with Crippen LogP contribution in [-0.2, 0) is 27.4 Å². The molecule has 0 bridgehead atoms. The summed E-state index contributed by atoms with van der Waals surface area (Å²) in [6, 6.07) is 15.3. The zero-order valence-electron chi connectivity index (χ0n) is 17.2. The molecule has 0 aliphatic heterocycles. The molecule has 31 heavy (non-hydrogen) atoms. The first-order valence-corrected chi connectivity index (χ1v) is 10.5. The van der Waals surface area contributed by atoms with Gasteiger partial charge in [0.25, 0.3) is 0 Å². The van der Waals surface area contributed by atoms with Crippen molar-refractivity contribution < 1.29 is 24.2 Å². The van der Waals surface area contributed by atoms with Gasteiger partial charge in [-0.2, -0.15) is 0 Å². The van der Waals surface area contributed by atoms with Crippen molar-refractivity contribution in [1.82, 2.24) is 10.6 Å². The molecular formula is C23H27ClN2O5. The van der Waals surface area contributed by atoms with Crippen molar-refractivity contribution in [2.24, 2.45) is 0 Å². The number of aliphatic carboxylic acids is 1. The third-order valence-corrected chi connectivity index (χ3v) is 4.80. The number of rotatable bonds is 12. The average Bonchev–Trinajstić information content (AvgIpc) is 2.76. The molecule has 0 radical (unpaired) electrons. The van der Waals surface area contributed by atoms with Crippen LogP contribution in [0.4, 0.5) is 4.79 Å². The number of alkyl carbamates (subject to hydrolysis) is 1. The van der Waals surface area contributed by atoms with Gasteiger partial charge in [-0.1, -0.05) is 60.5 Å². The lowest BCUT2D eigenvalue weighted by molar-refractivity contribution is -0.141. The fourth-order valence-corrected chi connectivity index (χ4v) is 3.00. The number of carbonyl (C=O) groups excluding carboxylic acids is 2. The molecular weight excluding hydrogens is 420 g/mol. The number of hydrogen-bond acceptors (Lipinski definition) is 4. The third-order valence-electron chi connectivity index (χ3n) is 4.55. The largest absolute Gasteiger partial charge is 0.480 e. The maximum atomic E-state index is 12.1. The van der Waals surface area contributed by atoms with E-state index in [1.165, 1.54) is 0 Å². The van der Waals surface area contributed by atoms with E-state index in [2.05, 4.69) is 10.6 Å². The smallest absolute Gasteiger partial charge is 0.407 e. The van der Waals surface area contributed by atoms with Crippen molar-refractivity contribution in [3.63, 3.8) is 0 Å². The highest BCUT2D eigenvalue weighted by atomic mass is 35.5. The molecule has 0 saturated carbocycles. The molecule has 3 N–H and O–H groups in total. The highest BCUT2D eigenvalue weighted by Crippen LogP contribution is 2.11. The zero-order valence-corrected chi connectivity index (χ0v) is 17.9. The number of carbonyl (C=O) groups is 3. The minimum Gasteiger partial charge on any atom is -0.480 e. The zero-order chi connectivity index (χ0) is 22.5. The summed E-state index contributed by atoms with van der Waals surface area (Å²) in [5.74, 6) is -1.39. The van der Waals surface area contributed by atoms with E-state index in [1.807, 2.05) is 30.3 Å². The molecule has 0 heterocycles. The molecule has 166 valence electrons. The Morgan fingerprint density at radius 2 is 1.65 bits per heavy atom. The Kier molecular flexibility index (Phi) is 10.4. The van der Waals surface area contributed by atoms with Gasteiger partial charge in [-0.3, -0.25) is 4.79 Å². The van der Waals surface area contributed by atoms with E-state index >= 15 is 0 Å². The lowest BCUT2D eigenvalue weighted by Gasteiger charge is -2.15. The number of benzene rings is 2. The Balaban J connectivity index is 1.57. The minimum atomic E-state index is -1.08. The van der Waals surface area contributed by atoms with E-state index in [0.717, 1.165) is 17.5 Å². The second-order valence-electron chi connectivity index (χ2n) is 7.09. The molecule has 0 unspecified atom stereocenters. The van der Waals surface area contributed by atoms with E-state index in [4.69, 9.17) is 16.3 Å². The number of amides is 2. The van der Waals surface area contributed by atoms with Crippen LogP contribution in [-0.4, -0.2) is 35.7 Å². The molecule has 8 heteroatoms. The standard InChI is InChI=1S/C23H27ClN2O5/c24-19-12-10-17(11-13-19)15-20(22(28)29)26-21(27)9-5-2-6-14-25-23(30)31-16-18-7-3-1-4-8-18/h1,3-4,7-8,10-13,20H,2,5-6,9,14-16H2,(H,25,30)(H,26,27)(H,28,29)/t20-/m0/s1. The molecule has 2 aromatic carbocycles. The Labute approximate surface area is 186 Å². The molecule has 1 atom stereocenters. The summed E-state index contributed by atoms with van der Waals surface area (Å²) in [6.07, 6.45) is 1.95. The fourth-order valence-electron chi connectivity index (χ4n) is 2.87. The minimum absolute atomic E-state index is 0.188. The van der Waals surface area contributed by atoms with E-state index in [1.54, 1.807) is 24.3 Å². The first-order chi connectivity index (χ1) is 14.9. The summed E-state index contributed by atoms with van der Waals surface area (Å²) in [4.78, 5) is 35.2. The predicted octanol–water partition coefficient (Wildman–Crippen LogP) is 3.94. The lowest BCUT2D eigenvalue weighted by Crippen LogP contribution is -2.42. The van der Waals surface area contributed by atoms with E-state index in [9.17, 15) is 19.5 Å². The van der Waals surface area contributed by atoms with Crippen LogP contribution in [0.15, 0.2) is 54.6 Å². The number of hydrogen-bond donors (Lipinski definition) is 3. The van der Waals surface area contributed by atoms with Gasteiger partial charge in [0.05, 0.1) is 0 Å². The van der Waals surface area contributed by atoms with Crippen LogP contribution in [0.3, 0.4) is 0 Å². The highest BCUT2D eigenvalue weighted by Gasteiger charge is 2.20. The molecule has 0 saturated heterocycles. The molecule has 0 spiro atoms. The van der Waals surface area contributed by atoms with Crippen LogP contribution >= 0.6 is 11.6 Å². The van der Waals surface area contributed by atoms with Crippen molar-refractivity contribution in [2.75, 3.05) is 6.54 Å². The molecule has 0 aromatic heterocycles. The SMILES string of the molecule is O=C(CCCCCNC(=O)OCc1ccccc1)N[C@@H](Cc1ccc(Cl)cc1)C(=O)O. The lowest BCUT2D eigenvalue weighted by atomic mass is 10.1. The Morgan fingerprint density at radius 1 is 0.935 bits per heavy atom. The van der Waals surface area contributed by atoms with Crippen LogP contribution in [0.2, 0.25) is 5.02 Å². The Morgan fingerprint density at radius 3 is 2.32 bits per heavy atom. The first-order valence-electron chi connectivity index (χ1n) is 10.1. The molecule has 0 aliphatic rings. The predicted molar refractivity (Wildman–Crippen MR) is 118 cm³/mol. The molecule has 2 aromatic rings. The summed E-state index contributed by atoms with van der Waals surface area (Å²) < 4.78 is 5.12. The van der Waals surface area contributed by atoms with Gasteiger partial charge in [0.15, 0.2) is 0 Å². The van der Waals surface area contributed by atoms with Crippen LogP contribution in [0.25, 0.3) is 0 Å². The van der Waals surface area contributed by atoms with E-state index < -0.39 is 18.1 Å². The summed E-state index contributed by atoms with van der Waals surface area (Å²) in [5, 5.41) is 15.2. The third kappa shape index (κ3) is 10.00. The van der Waals surface area contributed by atoms with Crippen molar-refractivity contribution in [3.8, 4) is 0 Å². The van der Waals surface area contributed by atoms with Gasteiger partial charge in [-0.05, 0) is 36.1 Å². The van der Waals surface area contributed by atoms with Crippen LogP contribution in [0.1, 0.15) is 36.8 Å². The quantitative estimate of drug-likeness (QED) is 0.428. The number of ether oxygens (including phenoxy) is 1. The molecule has 0 fully saturated rings. The monoisotopic (exact) mass is 446 g/mol. The number of carboxylic acid groups (broad SMARTS) is 1. The Hall–Kier alpha value is -3.06. The van der Waals surface area contributed by atoms with Gasteiger partial charge in [0.2, 0.25) is 5.91 Å². The normalized spacial score (nSPS) is 11.4. The van der Waals surface area contributed by atoms with E-state index in [-0.39, 0.29) is 25.4 Å².